The molecule has 1 aliphatic carbocycles. The third kappa shape index (κ3) is 6.60. The van der Waals surface area contributed by atoms with Crippen LogP contribution in [0.4, 0.5) is 5.95 Å². The number of piperidine rings is 1. The van der Waals surface area contributed by atoms with E-state index in [1.54, 1.807) is 11.9 Å². The molecule has 2 aliphatic rings. The number of aliphatic hydroxyl groups excluding tert-OH is 1. The Kier molecular flexibility index (Phi) is 8.74. The Balaban J connectivity index is 1.22. The van der Waals surface area contributed by atoms with Gasteiger partial charge in [0, 0.05) is 45.0 Å². The minimum Gasteiger partial charge on any atom is -0.493 e. The van der Waals surface area contributed by atoms with Crippen molar-refractivity contribution in [3.05, 3.63) is 53.9 Å². The first-order chi connectivity index (χ1) is 17.1. The van der Waals surface area contributed by atoms with E-state index in [1.807, 2.05) is 12.4 Å². The number of carbonyl (C=O) groups excluding carboxylic acids is 1. The fourth-order valence-corrected chi connectivity index (χ4v) is 4.87. The lowest BCUT2D eigenvalue weighted by molar-refractivity contribution is -0.134. The highest BCUT2D eigenvalue weighted by Gasteiger charge is 2.25. The van der Waals surface area contributed by atoms with Crippen LogP contribution < -0.4 is 9.64 Å². The first kappa shape index (κ1) is 25.2. The molecule has 0 radical (unpaired) electrons. The number of carbonyl (C=O) groups is 1. The highest BCUT2D eigenvalue weighted by molar-refractivity contribution is 5.80. The molecular formula is C28H38N4O3. The van der Waals surface area contributed by atoms with Crippen LogP contribution in [0.3, 0.4) is 0 Å². The molecule has 2 aromatic rings. The van der Waals surface area contributed by atoms with Crippen molar-refractivity contribution in [3.63, 3.8) is 0 Å². The normalized spacial score (nSPS) is 18.8. The van der Waals surface area contributed by atoms with Gasteiger partial charge in [0.2, 0.25) is 11.9 Å². The molecule has 1 atom stereocenters. The molecule has 7 heteroatoms. The van der Waals surface area contributed by atoms with Crippen molar-refractivity contribution in [1.82, 2.24) is 14.9 Å². The summed E-state index contributed by atoms with van der Waals surface area (Å²) < 4.78 is 6.12. The second-order valence-electron chi connectivity index (χ2n) is 9.69. The van der Waals surface area contributed by atoms with Gasteiger partial charge in [0.1, 0.15) is 5.75 Å². The van der Waals surface area contributed by atoms with Gasteiger partial charge < -0.3 is 19.6 Å². The first-order valence-electron chi connectivity index (χ1n) is 12.9. The molecule has 2 heterocycles. The zero-order valence-corrected chi connectivity index (χ0v) is 21.0. The van der Waals surface area contributed by atoms with Crippen LogP contribution >= 0.6 is 0 Å². The second kappa shape index (κ2) is 12.2. The van der Waals surface area contributed by atoms with E-state index >= 15 is 0 Å². The lowest BCUT2D eigenvalue weighted by Crippen LogP contribution is -2.36. The van der Waals surface area contributed by atoms with Gasteiger partial charge in [0.05, 0.1) is 13.2 Å². The van der Waals surface area contributed by atoms with Crippen molar-refractivity contribution in [1.29, 1.82) is 0 Å². The summed E-state index contributed by atoms with van der Waals surface area (Å²) in [4.78, 5) is 25.4. The second-order valence-corrected chi connectivity index (χ2v) is 9.69. The SMILES string of the molecule is CCc1cnc(N2CCC(COc3ccc(C4=CCC(C(=O)N(C)CCO)CC4)cc3)CC2)nc1. The van der Waals surface area contributed by atoms with Gasteiger partial charge in [-0.2, -0.15) is 0 Å². The zero-order chi connectivity index (χ0) is 24.6. The molecule has 1 N–H and O–H groups in total. The van der Waals surface area contributed by atoms with Crippen molar-refractivity contribution in [3.8, 4) is 5.75 Å². The monoisotopic (exact) mass is 478 g/mol. The van der Waals surface area contributed by atoms with E-state index in [2.05, 4.69) is 52.1 Å². The Morgan fingerprint density at radius 1 is 1.14 bits per heavy atom. The Morgan fingerprint density at radius 2 is 1.86 bits per heavy atom. The van der Waals surface area contributed by atoms with Gasteiger partial charge in [-0.05, 0) is 73.3 Å². The molecule has 1 aliphatic heterocycles. The zero-order valence-electron chi connectivity index (χ0n) is 21.0. The summed E-state index contributed by atoms with van der Waals surface area (Å²) in [7, 11) is 1.76. The molecule has 188 valence electrons. The average Bonchev–Trinajstić information content (AvgIpc) is 2.92. The maximum atomic E-state index is 12.5. The number of anilines is 1. The molecule has 0 saturated carbocycles. The van der Waals surface area contributed by atoms with Crippen LogP contribution in [0.1, 0.15) is 50.2 Å². The predicted octanol–water partition coefficient (Wildman–Crippen LogP) is 3.97. The lowest BCUT2D eigenvalue weighted by atomic mass is 9.86. The number of hydrogen-bond donors (Lipinski definition) is 1. The minimum absolute atomic E-state index is 0.00608. The van der Waals surface area contributed by atoms with Gasteiger partial charge in [-0.1, -0.05) is 25.1 Å². The van der Waals surface area contributed by atoms with Crippen LogP contribution in [-0.2, 0) is 11.2 Å². The van der Waals surface area contributed by atoms with E-state index < -0.39 is 0 Å². The first-order valence-corrected chi connectivity index (χ1v) is 12.9. The third-order valence-electron chi connectivity index (χ3n) is 7.28. The van der Waals surface area contributed by atoms with Crippen LogP contribution in [0.25, 0.3) is 5.57 Å². The fourth-order valence-electron chi connectivity index (χ4n) is 4.87. The number of allylic oxidation sites excluding steroid dienone is 2. The highest BCUT2D eigenvalue weighted by Crippen LogP contribution is 2.32. The van der Waals surface area contributed by atoms with Crippen molar-refractivity contribution in [2.75, 3.05) is 44.8 Å². The summed E-state index contributed by atoms with van der Waals surface area (Å²) in [5.74, 6) is 2.43. The van der Waals surface area contributed by atoms with Gasteiger partial charge >= 0.3 is 0 Å². The number of benzene rings is 1. The number of hydrogen-bond acceptors (Lipinski definition) is 6. The molecule has 0 bridgehead atoms. The summed E-state index contributed by atoms with van der Waals surface area (Å²) >= 11 is 0. The molecule has 1 aromatic heterocycles. The average molecular weight is 479 g/mol. The lowest BCUT2D eigenvalue weighted by Gasteiger charge is -2.31. The van der Waals surface area contributed by atoms with E-state index in [9.17, 15) is 4.79 Å². The molecule has 1 saturated heterocycles. The van der Waals surface area contributed by atoms with Crippen LogP contribution in [-0.4, -0.2) is 65.8 Å². The Labute approximate surface area is 208 Å². The summed E-state index contributed by atoms with van der Waals surface area (Å²) in [6.45, 7) is 5.18. The maximum absolute atomic E-state index is 12.5. The van der Waals surface area contributed by atoms with Crippen LogP contribution in [0.2, 0.25) is 0 Å². The number of ether oxygens (including phenoxy) is 1. The number of amides is 1. The molecule has 0 spiro atoms. The topological polar surface area (TPSA) is 78.8 Å². The van der Waals surface area contributed by atoms with E-state index in [0.29, 0.717) is 12.5 Å². The smallest absolute Gasteiger partial charge is 0.225 e. The van der Waals surface area contributed by atoms with Crippen molar-refractivity contribution >= 4 is 17.4 Å². The van der Waals surface area contributed by atoms with Crippen molar-refractivity contribution in [2.45, 2.75) is 45.4 Å². The Hall–Kier alpha value is -2.93. The fraction of sp³-hybridized carbons (Fsp3) is 0.536. The van der Waals surface area contributed by atoms with Gasteiger partial charge in [-0.25, -0.2) is 9.97 Å². The molecule has 1 amide bonds. The molecular weight excluding hydrogens is 440 g/mol. The van der Waals surface area contributed by atoms with Crippen LogP contribution in [0, 0.1) is 11.8 Å². The predicted molar refractivity (Wildman–Crippen MR) is 138 cm³/mol. The van der Waals surface area contributed by atoms with Crippen LogP contribution in [0.5, 0.6) is 5.75 Å². The van der Waals surface area contributed by atoms with E-state index in [4.69, 9.17) is 9.84 Å². The number of nitrogens with zero attached hydrogens (tertiary/aromatic N) is 4. The van der Waals surface area contributed by atoms with Gasteiger partial charge in [0.15, 0.2) is 0 Å². The maximum Gasteiger partial charge on any atom is 0.225 e. The van der Waals surface area contributed by atoms with Gasteiger partial charge in [-0.15, -0.1) is 0 Å². The molecule has 1 unspecified atom stereocenters. The van der Waals surface area contributed by atoms with Gasteiger partial charge in [0.25, 0.3) is 0 Å². The standard InChI is InChI=1S/C28H38N4O3/c1-3-21-18-29-28(30-19-21)32-14-12-22(13-15-32)20-35-26-10-8-24(9-11-26)23-4-6-25(7-5-23)27(34)31(2)16-17-33/h4,8-11,18-19,22,25,33H,3,5-7,12-17,20H2,1-2H3. The molecule has 1 fully saturated rings. The van der Waals surface area contributed by atoms with E-state index in [-0.39, 0.29) is 18.4 Å². The number of aliphatic hydroxyl groups is 1. The van der Waals surface area contributed by atoms with Crippen molar-refractivity contribution in [2.24, 2.45) is 11.8 Å². The van der Waals surface area contributed by atoms with Gasteiger partial charge in [-0.3, -0.25) is 4.79 Å². The Bertz CT molecular complexity index is 982. The Morgan fingerprint density at radius 3 is 2.46 bits per heavy atom. The molecule has 7 nitrogen and oxygen atoms in total. The summed E-state index contributed by atoms with van der Waals surface area (Å²) in [5, 5.41) is 9.06. The summed E-state index contributed by atoms with van der Waals surface area (Å²) in [6, 6.07) is 8.36. The number of aromatic nitrogens is 2. The quantitative estimate of drug-likeness (QED) is 0.588. The summed E-state index contributed by atoms with van der Waals surface area (Å²) in [6.07, 6.45) is 11.7. The molecule has 35 heavy (non-hydrogen) atoms. The van der Waals surface area contributed by atoms with E-state index in [0.717, 1.165) is 69.9 Å². The van der Waals surface area contributed by atoms with E-state index in [1.165, 1.54) is 16.7 Å². The van der Waals surface area contributed by atoms with Crippen molar-refractivity contribution < 1.29 is 14.6 Å². The molecule has 1 aromatic carbocycles. The summed E-state index contributed by atoms with van der Waals surface area (Å²) in [5.41, 5.74) is 3.67. The number of likely N-dealkylation sites (N-methyl/N-ethyl adjacent to an activating group) is 1. The third-order valence-corrected chi connectivity index (χ3v) is 7.28. The highest BCUT2D eigenvalue weighted by atomic mass is 16.5. The number of aryl methyl sites for hydroxylation is 1. The largest absolute Gasteiger partial charge is 0.493 e. The molecule has 4 rings (SSSR count). The van der Waals surface area contributed by atoms with Crippen LogP contribution in [0.15, 0.2) is 42.7 Å². The number of rotatable bonds is 9. The minimum atomic E-state index is 0.00608.